The molecule has 0 amide bonds. The molecule has 2 aromatic rings. The summed E-state index contributed by atoms with van der Waals surface area (Å²) in [5.41, 5.74) is 0.810. The lowest BCUT2D eigenvalue weighted by atomic mass is 10.2. The molecule has 0 saturated heterocycles. The molecule has 1 aliphatic heterocycles. The summed E-state index contributed by atoms with van der Waals surface area (Å²) < 4.78 is 17.4. The van der Waals surface area contributed by atoms with E-state index in [9.17, 15) is 0 Å². The van der Waals surface area contributed by atoms with Crippen molar-refractivity contribution in [1.29, 1.82) is 0 Å². The predicted molar refractivity (Wildman–Crippen MR) is 96.7 cm³/mol. The van der Waals surface area contributed by atoms with Crippen LogP contribution in [0.2, 0.25) is 0 Å². The number of ether oxygens (including phenoxy) is 3. The van der Waals surface area contributed by atoms with E-state index in [1.54, 1.807) is 6.20 Å². The van der Waals surface area contributed by atoms with Crippen LogP contribution in [-0.2, 0) is 4.74 Å². The predicted octanol–water partition coefficient (Wildman–Crippen LogP) is 3.03. The van der Waals surface area contributed by atoms with Gasteiger partial charge in [-0.25, -0.2) is 4.98 Å². The average molecular weight is 341 g/mol. The number of aromatic nitrogens is 1. The van der Waals surface area contributed by atoms with Crippen molar-refractivity contribution in [3.05, 3.63) is 48.2 Å². The molecule has 0 fully saturated rings. The Morgan fingerprint density at radius 3 is 2.68 bits per heavy atom. The van der Waals surface area contributed by atoms with Gasteiger partial charge in [0.25, 0.3) is 0 Å². The van der Waals surface area contributed by atoms with Crippen molar-refractivity contribution >= 4 is 5.84 Å². The van der Waals surface area contributed by atoms with Crippen LogP contribution in [0, 0.1) is 0 Å². The third-order valence-electron chi connectivity index (χ3n) is 3.50. The molecular formula is C19H23N3O3. The molecule has 1 aliphatic rings. The van der Waals surface area contributed by atoms with Gasteiger partial charge in [0.2, 0.25) is 5.88 Å². The summed E-state index contributed by atoms with van der Waals surface area (Å²) in [5.74, 6) is 2.52. The maximum atomic E-state index is 6.07. The normalized spacial score (nSPS) is 15.2. The number of fused-ring (bicyclic) bond motifs is 2. The number of rotatable bonds is 1. The number of pyridine rings is 1. The molecular weight excluding hydrogens is 318 g/mol. The van der Waals surface area contributed by atoms with Crippen LogP contribution in [0.3, 0.4) is 0 Å². The second-order valence-corrected chi connectivity index (χ2v) is 5.90. The van der Waals surface area contributed by atoms with Crippen LogP contribution in [0.15, 0.2) is 47.6 Å². The van der Waals surface area contributed by atoms with E-state index >= 15 is 0 Å². The molecule has 1 N–H and O–H groups in total. The lowest BCUT2D eigenvalue weighted by molar-refractivity contribution is 0.105. The molecule has 1 aromatic heterocycles. The van der Waals surface area contributed by atoms with Crippen molar-refractivity contribution in [2.24, 2.45) is 4.99 Å². The SMILES string of the molecule is CC(C)NC1=NCCOCCOc2ccccc2Oc2ncccc21. The van der Waals surface area contributed by atoms with Gasteiger partial charge in [-0.05, 0) is 38.1 Å². The zero-order valence-corrected chi connectivity index (χ0v) is 14.6. The fourth-order valence-electron chi connectivity index (χ4n) is 2.43. The van der Waals surface area contributed by atoms with Crippen LogP contribution >= 0.6 is 0 Å². The summed E-state index contributed by atoms with van der Waals surface area (Å²) in [6.45, 7) is 6.18. The van der Waals surface area contributed by atoms with E-state index in [2.05, 4.69) is 29.1 Å². The van der Waals surface area contributed by atoms with E-state index in [1.807, 2.05) is 36.4 Å². The number of amidine groups is 1. The molecule has 0 radical (unpaired) electrons. The van der Waals surface area contributed by atoms with Crippen LogP contribution in [0.25, 0.3) is 0 Å². The molecule has 132 valence electrons. The van der Waals surface area contributed by atoms with Crippen LogP contribution in [0.4, 0.5) is 0 Å². The van der Waals surface area contributed by atoms with E-state index < -0.39 is 0 Å². The fourth-order valence-corrected chi connectivity index (χ4v) is 2.43. The lowest BCUT2D eigenvalue weighted by Gasteiger charge is -2.16. The standard InChI is InChI=1S/C19H23N3O3/c1-14(2)22-18-15-6-5-9-21-19(15)25-17-8-4-3-7-16(17)24-13-12-23-11-10-20-18/h3-9,14H,10-13H2,1-2H3,(H,20,22). The summed E-state index contributed by atoms with van der Waals surface area (Å²) in [6.07, 6.45) is 1.70. The Bertz CT molecular complexity index is 731. The Labute approximate surface area is 147 Å². The summed E-state index contributed by atoms with van der Waals surface area (Å²) in [4.78, 5) is 9.04. The molecule has 0 bridgehead atoms. The zero-order valence-electron chi connectivity index (χ0n) is 14.6. The van der Waals surface area contributed by atoms with Gasteiger partial charge in [0, 0.05) is 12.2 Å². The minimum absolute atomic E-state index is 0.235. The molecule has 6 nitrogen and oxygen atoms in total. The number of benzene rings is 1. The number of nitrogens with one attached hydrogen (secondary N) is 1. The topological polar surface area (TPSA) is 65.0 Å². The smallest absolute Gasteiger partial charge is 0.230 e. The Morgan fingerprint density at radius 1 is 1.00 bits per heavy atom. The second kappa shape index (κ2) is 8.48. The summed E-state index contributed by atoms with van der Waals surface area (Å²) in [5, 5.41) is 3.37. The molecule has 2 heterocycles. The van der Waals surface area contributed by atoms with Crippen molar-refractivity contribution in [2.75, 3.05) is 26.4 Å². The van der Waals surface area contributed by atoms with E-state index in [1.165, 1.54) is 0 Å². The Morgan fingerprint density at radius 2 is 1.84 bits per heavy atom. The Hall–Kier alpha value is -2.60. The Balaban J connectivity index is 2.01. The molecule has 0 aliphatic carbocycles. The quantitative estimate of drug-likeness (QED) is 0.864. The van der Waals surface area contributed by atoms with Crippen LogP contribution < -0.4 is 14.8 Å². The summed E-state index contributed by atoms with van der Waals surface area (Å²) in [7, 11) is 0. The van der Waals surface area contributed by atoms with Gasteiger partial charge in [-0.1, -0.05) is 12.1 Å². The van der Waals surface area contributed by atoms with Crippen LogP contribution in [0.1, 0.15) is 19.4 Å². The van der Waals surface area contributed by atoms with Crippen molar-refractivity contribution in [3.63, 3.8) is 0 Å². The fraction of sp³-hybridized carbons (Fsp3) is 0.368. The van der Waals surface area contributed by atoms with Crippen molar-refractivity contribution < 1.29 is 14.2 Å². The molecule has 1 aromatic carbocycles. The van der Waals surface area contributed by atoms with Crippen molar-refractivity contribution in [3.8, 4) is 17.4 Å². The maximum absolute atomic E-state index is 6.07. The minimum Gasteiger partial charge on any atom is -0.487 e. The van der Waals surface area contributed by atoms with Gasteiger partial charge in [0.15, 0.2) is 11.5 Å². The number of aliphatic imine (C=N–C) groups is 1. The third-order valence-corrected chi connectivity index (χ3v) is 3.50. The highest BCUT2D eigenvalue weighted by molar-refractivity contribution is 6.01. The third kappa shape index (κ3) is 4.70. The van der Waals surface area contributed by atoms with Crippen molar-refractivity contribution in [2.45, 2.75) is 19.9 Å². The number of hydrogen-bond donors (Lipinski definition) is 1. The average Bonchev–Trinajstić information content (AvgIpc) is 2.62. The van der Waals surface area contributed by atoms with Crippen molar-refractivity contribution in [1.82, 2.24) is 10.3 Å². The molecule has 0 spiro atoms. The molecule has 6 heteroatoms. The molecule has 0 atom stereocenters. The van der Waals surface area contributed by atoms with Gasteiger partial charge in [-0.2, -0.15) is 0 Å². The van der Waals surface area contributed by atoms with Gasteiger partial charge < -0.3 is 19.5 Å². The van der Waals surface area contributed by atoms with Gasteiger partial charge in [-0.3, -0.25) is 4.99 Å². The first-order valence-electron chi connectivity index (χ1n) is 8.48. The highest BCUT2D eigenvalue weighted by Crippen LogP contribution is 2.32. The molecule has 25 heavy (non-hydrogen) atoms. The van der Waals surface area contributed by atoms with E-state index in [0.717, 1.165) is 11.4 Å². The molecule has 3 rings (SSSR count). The van der Waals surface area contributed by atoms with Gasteiger partial charge >= 0.3 is 0 Å². The second-order valence-electron chi connectivity index (χ2n) is 5.90. The van der Waals surface area contributed by atoms with Crippen LogP contribution in [-0.4, -0.2) is 43.2 Å². The highest BCUT2D eigenvalue weighted by Gasteiger charge is 2.15. The Kier molecular flexibility index (Phi) is 5.85. The summed E-state index contributed by atoms with van der Waals surface area (Å²) >= 11 is 0. The molecule has 0 unspecified atom stereocenters. The summed E-state index contributed by atoms with van der Waals surface area (Å²) in [6, 6.07) is 11.6. The first kappa shape index (κ1) is 17.2. The maximum Gasteiger partial charge on any atom is 0.230 e. The number of nitrogens with zero attached hydrogens (tertiary/aromatic N) is 2. The zero-order chi connectivity index (χ0) is 17.5. The van der Waals surface area contributed by atoms with Gasteiger partial charge in [0.05, 0.1) is 25.3 Å². The number of hydrogen-bond acceptors (Lipinski definition) is 6. The number of para-hydroxylation sites is 2. The minimum atomic E-state index is 0.235. The first-order chi connectivity index (χ1) is 12.2. The van der Waals surface area contributed by atoms with E-state index in [4.69, 9.17) is 14.2 Å². The highest BCUT2D eigenvalue weighted by atomic mass is 16.5. The van der Waals surface area contributed by atoms with E-state index in [0.29, 0.717) is 43.7 Å². The van der Waals surface area contributed by atoms with Crippen LogP contribution in [0.5, 0.6) is 17.4 Å². The lowest BCUT2D eigenvalue weighted by Crippen LogP contribution is -2.32. The van der Waals surface area contributed by atoms with Gasteiger partial charge in [0.1, 0.15) is 12.4 Å². The van der Waals surface area contributed by atoms with E-state index in [-0.39, 0.29) is 6.04 Å². The largest absolute Gasteiger partial charge is 0.487 e. The monoisotopic (exact) mass is 341 g/mol. The first-order valence-corrected chi connectivity index (χ1v) is 8.48. The molecule has 0 saturated carbocycles. The van der Waals surface area contributed by atoms with Gasteiger partial charge in [-0.15, -0.1) is 0 Å².